The van der Waals surface area contributed by atoms with Gasteiger partial charge >= 0.3 is 0 Å². The van der Waals surface area contributed by atoms with Crippen molar-refractivity contribution >= 4 is 26.7 Å². The van der Waals surface area contributed by atoms with Gasteiger partial charge in [0.25, 0.3) is 10.0 Å². The summed E-state index contributed by atoms with van der Waals surface area (Å²) in [6.45, 7) is 10.1. The SMILES string of the molecule is Cc1ccc(C#N)c(S(=O)(=O)Nc2ccc(-c3nc(OC4CCN(C(C)C)CC4)c4c(C)[nH]nc4n3)cc2)c1. The van der Waals surface area contributed by atoms with E-state index < -0.39 is 10.0 Å². The van der Waals surface area contributed by atoms with Crippen molar-refractivity contribution in [3.8, 4) is 23.3 Å². The van der Waals surface area contributed by atoms with E-state index in [1.54, 1.807) is 37.3 Å². The Bertz CT molecular complexity index is 1650. The lowest BCUT2D eigenvalue weighted by molar-refractivity contribution is 0.0824. The number of H-pyrrole nitrogens is 1. The highest BCUT2D eigenvalue weighted by Gasteiger charge is 2.25. The number of hydrogen-bond acceptors (Lipinski definition) is 8. The number of aromatic amines is 1. The number of ether oxygens (including phenoxy) is 1. The average Bonchev–Trinajstić information content (AvgIpc) is 3.30. The first kappa shape index (κ1) is 26.6. The molecule has 4 aromatic rings. The van der Waals surface area contributed by atoms with E-state index >= 15 is 0 Å². The van der Waals surface area contributed by atoms with E-state index in [-0.39, 0.29) is 16.6 Å². The topological polar surface area (TPSA) is 137 Å². The quantitative estimate of drug-likeness (QED) is 0.345. The highest BCUT2D eigenvalue weighted by atomic mass is 32.2. The summed E-state index contributed by atoms with van der Waals surface area (Å²) in [5, 5.41) is 17.4. The molecule has 1 fully saturated rings. The van der Waals surface area contributed by atoms with Crippen molar-refractivity contribution in [2.75, 3.05) is 17.8 Å². The number of nitrogens with one attached hydrogen (secondary N) is 2. The predicted octanol–water partition coefficient (Wildman–Crippen LogP) is 4.56. The van der Waals surface area contributed by atoms with Gasteiger partial charge in [-0.1, -0.05) is 6.07 Å². The zero-order chi connectivity index (χ0) is 27.7. The Balaban J connectivity index is 1.40. The summed E-state index contributed by atoms with van der Waals surface area (Å²) in [6, 6.07) is 13.9. The molecule has 2 aromatic heterocycles. The van der Waals surface area contributed by atoms with Crippen molar-refractivity contribution in [1.82, 2.24) is 25.1 Å². The number of anilines is 1. The van der Waals surface area contributed by atoms with Gasteiger partial charge in [0, 0.05) is 36.1 Å². The molecule has 39 heavy (non-hydrogen) atoms. The molecule has 0 aliphatic carbocycles. The van der Waals surface area contributed by atoms with E-state index in [4.69, 9.17) is 9.72 Å². The van der Waals surface area contributed by atoms with E-state index in [9.17, 15) is 13.7 Å². The molecule has 5 rings (SSSR count). The van der Waals surface area contributed by atoms with Crippen LogP contribution in [0.2, 0.25) is 0 Å². The summed E-state index contributed by atoms with van der Waals surface area (Å²) >= 11 is 0. The fraction of sp³-hybridized carbons (Fsp3) is 0.357. The third kappa shape index (κ3) is 5.57. The van der Waals surface area contributed by atoms with Gasteiger partial charge in [0.05, 0.1) is 5.56 Å². The maximum Gasteiger partial charge on any atom is 0.263 e. The maximum absolute atomic E-state index is 13.0. The van der Waals surface area contributed by atoms with Crippen LogP contribution >= 0.6 is 0 Å². The molecular formula is C28H31N7O3S. The number of benzene rings is 2. The monoisotopic (exact) mass is 545 g/mol. The third-order valence-corrected chi connectivity index (χ3v) is 8.41. The molecule has 0 amide bonds. The number of sulfonamides is 1. The molecule has 11 heteroatoms. The summed E-state index contributed by atoms with van der Waals surface area (Å²) in [4.78, 5) is 11.8. The number of nitriles is 1. The molecule has 2 N–H and O–H groups in total. The van der Waals surface area contributed by atoms with E-state index in [2.05, 4.69) is 38.7 Å². The van der Waals surface area contributed by atoms with Crippen molar-refractivity contribution in [3.63, 3.8) is 0 Å². The summed E-state index contributed by atoms with van der Waals surface area (Å²) in [6.07, 6.45) is 1.88. The largest absolute Gasteiger partial charge is 0.474 e. The molecule has 0 saturated carbocycles. The van der Waals surface area contributed by atoms with Crippen molar-refractivity contribution in [1.29, 1.82) is 5.26 Å². The lowest BCUT2D eigenvalue weighted by atomic mass is 10.1. The smallest absolute Gasteiger partial charge is 0.263 e. The fourth-order valence-electron chi connectivity index (χ4n) is 4.75. The third-order valence-electron chi connectivity index (χ3n) is 6.99. The van der Waals surface area contributed by atoms with Crippen LogP contribution in [0.4, 0.5) is 5.69 Å². The van der Waals surface area contributed by atoms with Gasteiger partial charge in [-0.15, -0.1) is 0 Å². The number of piperidine rings is 1. The second-order valence-electron chi connectivity index (χ2n) is 10.1. The molecule has 0 spiro atoms. The molecule has 1 saturated heterocycles. The van der Waals surface area contributed by atoms with Gasteiger partial charge in [-0.2, -0.15) is 15.3 Å². The minimum atomic E-state index is -3.96. The second kappa shape index (κ2) is 10.6. The minimum Gasteiger partial charge on any atom is -0.474 e. The molecule has 1 aliphatic rings. The van der Waals surface area contributed by atoms with Crippen molar-refractivity contribution in [2.45, 2.75) is 57.6 Å². The second-order valence-corrected chi connectivity index (χ2v) is 11.8. The van der Waals surface area contributed by atoms with Crippen LogP contribution < -0.4 is 9.46 Å². The number of hydrogen-bond donors (Lipinski definition) is 2. The normalized spacial score (nSPS) is 15.0. The molecule has 1 aliphatic heterocycles. The van der Waals surface area contributed by atoms with Gasteiger partial charge in [0.1, 0.15) is 22.5 Å². The number of aryl methyl sites for hydroxylation is 2. The first-order valence-electron chi connectivity index (χ1n) is 12.9. The molecule has 2 aromatic carbocycles. The number of likely N-dealkylation sites (tertiary alicyclic amines) is 1. The zero-order valence-electron chi connectivity index (χ0n) is 22.4. The average molecular weight is 546 g/mol. The van der Waals surface area contributed by atoms with E-state index in [1.165, 1.54) is 12.1 Å². The highest BCUT2D eigenvalue weighted by molar-refractivity contribution is 7.92. The van der Waals surface area contributed by atoms with Gasteiger partial charge in [-0.3, -0.25) is 9.82 Å². The van der Waals surface area contributed by atoms with Crippen LogP contribution in [0.15, 0.2) is 47.4 Å². The Kier molecular flexibility index (Phi) is 7.25. The van der Waals surface area contributed by atoms with Crippen LogP contribution in [0, 0.1) is 25.2 Å². The molecular weight excluding hydrogens is 514 g/mol. The summed E-state index contributed by atoms with van der Waals surface area (Å²) < 4.78 is 35.0. The van der Waals surface area contributed by atoms with Crippen LogP contribution in [-0.4, -0.2) is 58.7 Å². The first-order valence-corrected chi connectivity index (χ1v) is 14.4. The van der Waals surface area contributed by atoms with E-state index in [0.29, 0.717) is 34.6 Å². The predicted molar refractivity (Wildman–Crippen MR) is 149 cm³/mol. The molecule has 0 unspecified atom stereocenters. The van der Waals surface area contributed by atoms with Crippen molar-refractivity contribution in [2.24, 2.45) is 0 Å². The Labute approximate surface area is 228 Å². The number of fused-ring (bicyclic) bond motifs is 1. The maximum atomic E-state index is 13.0. The molecule has 3 heterocycles. The van der Waals surface area contributed by atoms with E-state index in [0.717, 1.165) is 42.6 Å². The summed E-state index contributed by atoms with van der Waals surface area (Å²) in [5.74, 6) is 0.931. The zero-order valence-corrected chi connectivity index (χ0v) is 23.2. The molecule has 0 bridgehead atoms. The van der Waals surface area contributed by atoms with Gasteiger partial charge < -0.3 is 9.64 Å². The van der Waals surface area contributed by atoms with Crippen molar-refractivity contribution < 1.29 is 13.2 Å². The molecule has 202 valence electrons. The lowest BCUT2D eigenvalue weighted by Crippen LogP contribution is -2.41. The van der Waals surface area contributed by atoms with Crippen LogP contribution in [0.3, 0.4) is 0 Å². The van der Waals surface area contributed by atoms with E-state index in [1.807, 2.05) is 13.0 Å². The number of nitrogens with zero attached hydrogens (tertiary/aromatic N) is 5. The number of aromatic nitrogens is 4. The standard InChI is InChI=1S/C28H31N7O3S/c1-17(2)35-13-11-23(12-14-35)38-28-25-19(4)32-33-27(25)30-26(31-28)20-7-9-22(10-8-20)34-39(36,37)24-15-18(3)5-6-21(24)16-29/h5-10,15,17,23,34H,11-14H2,1-4H3,(H,30,31,32,33). The van der Waals surface area contributed by atoms with Crippen LogP contribution in [-0.2, 0) is 10.0 Å². The highest BCUT2D eigenvalue weighted by Crippen LogP contribution is 2.31. The number of rotatable bonds is 7. The van der Waals surface area contributed by atoms with Gasteiger partial charge in [-0.25, -0.2) is 13.4 Å². The lowest BCUT2D eigenvalue weighted by Gasteiger charge is -2.34. The fourth-order valence-corrected chi connectivity index (χ4v) is 6.06. The Hall–Kier alpha value is -4.01. The van der Waals surface area contributed by atoms with Gasteiger partial charge in [0.2, 0.25) is 5.88 Å². The Morgan fingerprint density at radius 3 is 2.49 bits per heavy atom. The summed E-state index contributed by atoms with van der Waals surface area (Å²) in [7, 11) is -3.96. The molecule has 0 atom stereocenters. The van der Waals surface area contributed by atoms with Crippen LogP contribution in [0.5, 0.6) is 5.88 Å². The van der Waals surface area contributed by atoms with Gasteiger partial charge in [-0.05, 0) is 82.5 Å². The Morgan fingerprint density at radius 1 is 1.10 bits per heavy atom. The molecule has 0 radical (unpaired) electrons. The van der Waals surface area contributed by atoms with Crippen LogP contribution in [0.25, 0.3) is 22.4 Å². The van der Waals surface area contributed by atoms with Crippen molar-refractivity contribution in [3.05, 3.63) is 59.3 Å². The summed E-state index contributed by atoms with van der Waals surface area (Å²) in [5.41, 5.74) is 3.23. The minimum absolute atomic E-state index is 0.0527. The Morgan fingerprint density at radius 2 is 1.82 bits per heavy atom. The van der Waals surface area contributed by atoms with Gasteiger partial charge in [0.15, 0.2) is 11.5 Å². The van der Waals surface area contributed by atoms with Crippen LogP contribution in [0.1, 0.15) is 43.5 Å². The molecule has 10 nitrogen and oxygen atoms in total. The first-order chi connectivity index (χ1) is 18.6.